The summed E-state index contributed by atoms with van der Waals surface area (Å²) < 4.78 is 0. The second kappa shape index (κ2) is 35.9. The molecule has 0 aliphatic carbocycles. The monoisotopic (exact) mass is 647 g/mol. The molecule has 0 N–H and O–H groups in total. The van der Waals surface area contributed by atoms with Crippen molar-refractivity contribution in [1.82, 2.24) is 0 Å². The van der Waals surface area contributed by atoms with Gasteiger partial charge in [-0.25, -0.2) is 0 Å². The summed E-state index contributed by atoms with van der Waals surface area (Å²) in [5, 5.41) is 0. The van der Waals surface area contributed by atoms with Crippen molar-refractivity contribution >= 4 is 94.6 Å². The molecule has 0 unspecified atom stereocenters. The van der Waals surface area contributed by atoms with Gasteiger partial charge in [-0.15, -0.1) is 0 Å². The van der Waals surface area contributed by atoms with Crippen LogP contribution in [0.15, 0.2) is 0 Å². The average Bonchev–Trinajstić information content (AvgIpc) is 0. The Morgan fingerprint density at radius 1 is 1.00 bits per heavy atom. The Morgan fingerprint density at radius 2 is 1.00 bits per heavy atom. The van der Waals surface area contributed by atoms with Gasteiger partial charge in [-0.2, -0.15) is 0 Å². The summed E-state index contributed by atoms with van der Waals surface area (Å²) in [7, 11) is 0. The predicted octanol–water partition coefficient (Wildman–Crippen LogP) is -1.64. The van der Waals surface area contributed by atoms with Crippen molar-refractivity contribution in [3.05, 3.63) is 0 Å². The van der Waals surface area contributed by atoms with Gasteiger partial charge >= 0.3 is 27.3 Å². The fourth-order valence-corrected chi connectivity index (χ4v) is 0. The van der Waals surface area contributed by atoms with Crippen LogP contribution in [0, 0.1) is 0 Å². The first-order chi connectivity index (χ1) is 0. The molecule has 0 rings (SSSR count). The Kier molecular flexibility index (Phi) is 302. The molecule has 0 heterocycles. The zero-order valence-corrected chi connectivity index (χ0v) is 19.4. The van der Waals surface area contributed by atoms with Gasteiger partial charge in [0.25, 0.3) is 0 Å². The van der Waals surface area contributed by atoms with Crippen LogP contribution in [-0.4, -0.2) is 94.6 Å². The fourth-order valence-electron chi connectivity index (χ4n) is 0. The van der Waals surface area contributed by atoms with Crippen LogP contribution in [-0.2, 0) is 32.8 Å². The van der Waals surface area contributed by atoms with Gasteiger partial charge in [0.1, 0.15) is 0 Å². The Labute approximate surface area is 124 Å². The fraction of sp³-hybridized carbons (Fsp3) is 0. The van der Waals surface area contributed by atoms with E-state index in [-0.39, 0.29) is 127 Å². The first kappa shape index (κ1) is 50.5. The van der Waals surface area contributed by atoms with E-state index in [0.29, 0.717) is 0 Å². The van der Waals surface area contributed by atoms with Crippen molar-refractivity contribution in [2.75, 3.05) is 0 Å². The molecular formula is CdGeInOPbSn. The zero-order chi connectivity index (χ0) is 0. The van der Waals surface area contributed by atoms with Crippen molar-refractivity contribution in [2.45, 2.75) is 0 Å². The van der Waals surface area contributed by atoms with E-state index in [1.165, 1.54) is 0 Å². The average molecular weight is 642 g/mol. The number of rotatable bonds is 0. The molecule has 0 fully saturated rings. The predicted molar refractivity (Wildman–Crippen MR) is 23.7 cm³/mol. The summed E-state index contributed by atoms with van der Waals surface area (Å²) in [6.45, 7) is 0. The van der Waals surface area contributed by atoms with E-state index in [1.54, 1.807) is 0 Å². The van der Waals surface area contributed by atoms with Crippen molar-refractivity contribution in [1.29, 1.82) is 0 Å². The van der Waals surface area contributed by atoms with E-state index in [9.17, 15) is 0 Å². The van der Waals surface area contributed by atoms with E-state index in [0.717, 1.165) is 0 Å². The van der Waals surface area contributed by atoms with Crippen LogP contribution in [0.2, 0.25) is 0 Å². The normalized spacial score (nSPS) is 0. The largest absolute Gasteiger partial charge is 2.00 e. The van der Waals surface area contributed by atoms with Crippen LogP contribution in [0.1, 0.15) is 0 Å². The minimum Gasteiger partial charge on any atom is -2.00 e. The first-order valence-corrected chi connectivity index (χ1v) is 0. The van der Waals surface area contributed by atoms with Crippen LogP contribution in [0.5, 0.6) is 0 Å². The molecule has 0 aliphatic heterocycles. The Hall–Kier alpha value is 4.02. The van der Waals surface area contributed by atoms with E-state index < -0.39 is 0 Å². The summed E-state index contributed by atoms with van der Waals surface area (Å²) >= 11 is 0. The summed E-state index contributed by atoms with van der Waals surface area (Å²) in [5.41, 5.74) is 0. The molecule has 6 heavy (non-hydrogen) atoms. The van der Waals surface area contributed by atoms with Gasteiger partial charge in [-0.1, -0.05) is 0 Å². The standard InChI is InChI=1S/Cd.Ge.In.O.Pb.Sn/q;;;-2;+2;. The zero-order valence-electron chi connectivity index (χ0n) is 3.19. The first-order valence-electron chi connectivity index (χ1n) is 0. The van der Waals surface area contributed by atoms with Gasteiger partial charge in [-0.05, 0) is 0 Å². The molecule has 0 amide bonds. The van der Waals surface area contributed by atoms with Gasteiger partial charge in [0.05, 0.1) is 0 Å². The molecule has 1 nitrogen and oxygen atoms in total. The third-order valence-electron chi connectivity index (χ3n) is 0. The Morgan fingerprint density at radius 3 is 1.00 bits per heavy atom. The van der Waals surface area contributed by atoms with E-state index in [1.807, 2.05) is 0 Å². The van der Waals surface area contributed by atoms with E-state index in [4.69, 9.17) is 0 Å². The third kappa shape index (κ3) is 24.5. The molecule has 13 radical (unpaired) electrons. The molecule has 0 bridgehead atoms. The van der Waals surface area contributed by atoms with Gasteiger partial charge in [0, 0.05) is 94.6 Å². The molecule has 0 atom stereocenters. The quantitative estimate of drug-likeness (QED) is 0.284. The SMILES string of the molecule is [Cd].[Ge].[In].[O-2].[Pb+2].[Sn]. The van der Waals surface area contributed by atoms with E-state index >= 15 is 0 Å². The maximum absolute atomic E-state index is 0. The third-order valence-corrected chi connectivity index (χ3v) is 0. The molecule has 0 spiro atoms. The van der Waals surface area contributed by atoms with Crippen LogP contribution >= 0.6 is 0 Å². The topological polar surface area (TPSA) is 28.5 Å². The van der Waals surface area contributed by atoms with Crippen molar-refractivity contribution in [3.63, 3.8) is 0 Å². The van der Waals surface area contributed by atoms with Gasteiger partial charge in [0.2, 0.25) is 0 Å². The summed E-state index contributed by atoms with van der Waals surface area (Å²) in [6.07, 6.45) is 0. The van der Waals surface area contributed by atoms with Crippen molar-refractivity contribution in [3.8, 4) is 0 Å². The molecule has 0 saturated carbocycles. The van der Waals surface area contributed by atoms with Crippen LogP contribution < -0.4 is 0 Å². The van der Waals surface area contributed by atoms with Crippen molar-refractivity contribution in [2.24, 2.45) is 0 Å². The number of hydrogen-bond donors (Lipinski definition) is 0. The summed E-state index contributed by atoms with van der Waals surface area (Å²) in [5.74, 6) is 0. The van der Waals surface area contributed by atoms with Crippen LogP contribution in [0.4, 0.5) is 0 Å². The Balaban J connectivity index is 0. The molecule has 0 saturated heterocycles. The van der Waals surface area contributed by atoms with E-state index in [2.05, 4.69) is 0 Å². The maximum Gasteiger partial charge on any atom is 2.00 e. The second-order valence-electron chi connectivity index (χ2n) is 0. The Bertz CT molecular complexity index is 15.5. The van der Waals surface area contributed by atoms with Gasteiger partial charge in [-0.3, -0.25) is 0 Å². The maximum atomic E-state index is 0. The molecule has 0 aromatic heterocycles. The van der Waals surface area contributed by atoms with Gasteiger partial charge < -0.3 is 5.48 Å². The molecule has 23 valence electrons. The summed E-state index contributed by atoms with van der Waals surface area (Å²) in [6, 6.07) is 0. The number of hydrogen-bond acceptors (Lipinski definition) is 0. The second-order valence-corrected chi connectivity index (χ2v) is 0. The van der Waals surface area contributed by atoms with Crippen molar-refractivity contribution < 1.29 is 32.8 Å². The minimum absolute atomic E-state index is 0. The molecule has 0 aromatic carbocycles. The molecule has 0 aromatic rings. The van der Waals surface area contributed by atoms with Crippen LogP contribution in [0.25, 0.3) is 0 Å². The molecular weight excluding hydrogens is 642 g/mol. The summed E-state index contributed by atoms with van der Waals surface area (Å²) in [4.78, 5) is 0. The van der Waals surface area contributed by atoms with Gasteiger partial charge in [0.15, 0.2) is 0 Å². The van der Waals surface area contributed by atoms with Crippen LogP contribution in [0.3, 0.4) is 0 Å². The molecule has 0 aliphatic rings. The smallest absolute Gasteiger partial charge is 2.00 e. The minimum atomic E-state index is 0. The molecule has 6 heteroatoms.